The van der Waals surface area contributed by atoms with Crippen LogP contribution in [0.5, 0.6) is 0 Å². The van der Waals surface area contributed by atoms with Crippen molar-refractivity contribution in [3.05, 3.63) is 0 Å². The van der Waals surface area contributed by atoms with Crippen LogP contribution in [0.25, 0.3) is 0 Å². The van der Waals surface area contributed by atoms with Crippen LogP contribution < -0.4 is 5.32 Å². The number of aliphatic hydroxyl groups excluding tert-OH is 1. The average Bonchev–Trinajstić information content (AvgIpc) is 2.28. The van der Waals surface area contributed by atoms with Crippen LogP contribution in [0.15, 0.2) is 0 Å². The van der Waals surface area contributed by atoms with Crippen molar-refractivity contribution in [1.29, 1.82) is 0 Å². The maximum absolute atomic E-state index is 9.79. The summed E-state index contributed by atoms with van der Waals surface area (Å²) >= 11 is 0. The zero-order chi connectivity index (χ0) is 12.7. The zero-order valence-electron chi connectivity index (χ0n) is 11.2. The van der Waals surface area contributed by atoms with E-state index in [1.165, 1.54) is 0 Å². The fraction of sp³-hybridized carbons (Fsp3) is 0.857. The minimum atomic E-state index is -0.210. The lowest BCUT2D eigenvalue weighted by Gasteiger charge is -2.31. The minimum Gasteiger partial charge on any atom is -0.392 e. The van der Waals surface area contributed by atoms with E-state index in [0.717, 1.165) is 45.4 Å². The third-order valence-corrected chi connectivity index (χ3v) is 3.29. The number of likely N-dealkylation sites (tertiary alicyclic amines) is 1. The first-order chi connectivity index (χ1) is 8.11. The second-order valence-electron chi connectivity index (χ2n) is 5.45. The molecule has 0 aromatic rings. The predicted octanol–water partition coefficient (Wildman–Crippen LogP) is 1.08. The first-order valence-electron chi connectivity index (χ1n) is 6.69. The highest BCUT2D eigenvalue weighted by atomic mass is 16.3. The molecular weight excluding hydrogens is 212 g/mol. The first kappa shape index (κ1) is 14.5. The number of nitrogens with one attached hydrogen (secondary N) is 1. The molecule has 1 aliphatic heterocycles. The number of hydrogen-bond acceptors (Lipinski definition) is 3. The van der Waals surface area contributed by atoms with Crippen LogP contribution in [0.3, 0.4) is 0 Å². The number of piperidine rings is 1. The van der Waals surface area contributed by atoms with Crippen molar-refractivity contribution in [3.63, 3.8) is 0 Å². The highest BCUT2D eigenvalue weighted by Crippen LogP contribution is 2.10. The van der Waals surface area contributed by atoms with Crippen LogP contribution in [0.4, 0.5) is 0 Å². The Balaban J connectivity index is 2.12. The normalized spacial score (nSPS) is 20.4. The second-order valence-corrected chi connectivity index (χ2v) is 5.45. The summed E-state index contributed by atoms with van der Waals surface area (Å²) in [5.74, 6) is 3.25. The molecule has 1 fully saturated rings. The van der Waals surface area contributed by atoms with Gasteiger partial charge in [-0.2, -0.15) is 0 Å². The molecule has 3 nitrogen and oxygen atoms in total. The summed E-state index contributed by atoms with van der Waals surface area (Å²) in [6.07, 6.45) is 8.24. The molecule has 3 heteroatoms. The van der Waals surface area contributed by atoms with E-state index in [9.17, 15) is 5.11 Å². The molecule has 98 valence electrons. The Labute approximate surface area is 106 Å². The fourth-order valence-corrected chi connectivity index (χ4v) is 2.35. The van der Waals surface area contributed by atoms with E-state index in [0.29, 0.717) is 12.0 Å². The molecule has 0 aromatic carbocycles. The Hall–Kier alpha value is -0.560. The molecule has 1 unspecified atom stereocenters. The monoisotopic (exact) mass is 238 g/mol. The van der Waals surface area contributed by atoms with Gasteiger partial charge in [0.25, 0.3) is 0 Å². The molecule has 1 rings (SSSR count). The Morgan fingerprint density at radius 3 is 2.59 bits per heavy atom. The Morgan fingerprint density at radius 2 is 2.06 bits per heavy atom. The van der Waals surface area contributed by atoms with Gasteiger partial charge in [0.15, 0.2) is 0 Å². The van der Waals surface area contributed by atoms with Crippen molar-refractivity contribution < 1.29 is 5.11 Å². The van der Waals surface area contributed by atoms with Gasteiger partial charge in [-0.3, -0.25) is 4.90 Å². The molecule has 0 spiro atoms. The number of aliphatic hydroxyl groups is 1. The molecule has 0 amide bonds. The number of rotatable bonds is 6. The molecule has 0 radical (unpaired) electrons. The van der Waals surface area contributed by atoms with Gasteiger partial charge in [-0.15, -0.1) is 6.42 Å². The Bertz CT molecular complexity index is 239. The topological polar surface area (TPSA) is 35.5 Å². The largest absolute Gasteiger partial charge is 0.392 e. The molecule has 0 bridgehead atoms. The molecule has 0 saturated carbocycles. The third-order valence-electron chi connectivity index (χ3n) is 3.29. The van der Waals surface area contributed by atoms with Crippen molar-refractivity contribution in [2.24, 2.45) is 5.92 Å². The molecule has 1 heterocycles. The van der Waals surface area contributed by atoms with E-state index in [1.807, 2.05) is 0 Å². The Kier molecular flexibility index (Phi) is 6.57. The van der Waals surface area contributed by atoms with E-state index in [-0.39, 0.29) is 6.10 Å². The van der Waals surface area contributed by atoms with E-state index in [1.54, 1.807) is 0 Å². The lowest BCUT2D eigenvalue weighted by atomic mass is 10.0. The van der Waals surface area contributed by atoms with Crippen molar-refractivity contribution in [2.75, 3.05) is 26.2 Å². The quantitative estimate of drug-likeness (QED) is 0.680. The zero-order valence-corrected chi connectivity index (χ0v) is 11.2. The molecule has 2 N–H and O–H groups in total. The molecule has 1 atom stereocenters. The fourth-order valence-electron chi connectivity index (χ4n) is 2.35. The number of hydrogen-bond donors (Lipinski definition) is 2. The van der Waals surface area contributed by atoms with Gasteiger partial charge < -0.3 is 10.4 Å². The van der Waals surface area contributed by atoms with E-state index in [2.05, 4.69) is 30.0 Å². The van der Waals surface area contributed by atoms with Crippen molar-refractivity contribution >= 4 is 0 Å². The van der Waals surface area contributed by atoms with Crippen LogP contribution in [0, 0.1) is 18.3 Å². The van der Waals surface area contributed by atoms with Crippen LogP contribution in [-0.4, -0.2) is 48.3 Å². The minimum absolute atomic E-state index is 0.210. The van der Waals surface area contributed by atoms with Gasteiger partial charge in [-0.1, -0.05) is 19.8 Å². The lowest BCUT2D eigenvalue weighted by molar-refractivity contribution is 0.133. The highest BCUT2D eigenvalue weighted by Gasteiger charge is 2.18. The predicted molar refractivity (Wildman–Crippen MR) is 71.8 cm³/mol. The van der Waals surface area contributed by atoms with E-state index in [4.69, 9.17) is 6.42 Å². The SMILES string of the molecule is C#CCN1CCC(NCC(O)CC(C)C)CC1. The van der Waals surface area contributed by atoms with Crippen LogP contribution in [-0.2, 0) is 0 Å². The van der Waals surface area contributed by atoms with Gasteiger partial charge in [0.2, 0.25) is 0 Å². The third kappa shape index (κ3) is 6.07. The van der Waals surface area contributed by atoms with Crippen LogP contribution in [0.2, 0.25) is 0 Å². The van der Waals surface area contributed by atoms with E-state index < -0.39 is 0 Å². The smallest absolute Gasteiger partial charge is 0.0667 e. The lowest BCUT2D eigenvalue weighted by Crippen LogP contribution is -2.44. The molecule has 1 saturated heterocycles. The van der Waals surface area contributed by atoms with Crippen LogP contribution in [0.1, 0.15) is 33.1 Å². The van der Waals surface area contributed by atoms with Gasteiger partial charge >= 0.3 is 0 Å². The standard InChI is InChI=1S/C14H26N2O/c1-4-7-16-8-5-13(6-9-16)15-11-14(17)10-12(2)3/h1,12-15,17H,5-11H2,2-3H3. The van der Waals surface area contributed by atoms with Gasteiger partial charge in [-0.25, -0.2) is 0 Å². The van der Waals surface area contributed by atoms with Gasteiger partial charge in [-0.05, 0) is 25.2 Å². The van der Waals surface area contributed by atoms with E-state index >= 15 is 0 Å². The van der Waals surface area contributed by atoms with Crippen molar-refractivity contribution in [2.45, 2.75) is 45.3 Å². The summed E-state index contributed by atoms with van der Waals surface area (Å²) < 4.78 is 0. The first-order valence-corrected chi connectivity index (χ1v) is 6.69. The number of nitrogens with zero attached hydrogens (tertiary/aromatic N) is 1. The average molecular weight is 238 g/mol. The molecule has 0 aromatic heterocycles. The Morgan fingerprint density at radius 1 is 1.41 bits per heavy atom. The summed E-state index contributed by atoms with van der Waals surface area (Å²) in [4.78, 5) is 2.31. The second kappa shape index (κ2) is 7.71. The molecular formula is C14H26N2O. The van der Waals surface area contributed by atoms with Gasteiger partial charge in [0.05, 0.1) is 12.6 Å². The molecule has 17 heavy (non-hydrogen) atoms. The molecule has 0 aliphatic carbocycles. The highest BCUT2D eigenvalue weighted by molar-refractivity contribution is 4.90. The summed E-state index contributed by atoms with van der Waals surface area (Å²) in [7, 11) is 0. The van der Waals surface area contributed by atoms with Crippen molar-refractivity contribution in [3.8, 4) is 12.3 Å². The van der Waals surface area contributed by atoms with Crippen molar-refractivity contribution in [1.82, 2.24) is 10.2 Å². The van der Waals surface area contributed by atoms with Gasteiger partial charge in [0.1, 0.15) is 0 Å². The number of terminal acetylenes is 1. The summed E-state index contributed by atoms with van der Waals surface area (Å²) in [5, 5.41) is 13.2. The summed E-state index contributed by atoms with van der Waals surface area (Å²) in [6.45, 7) is 7.91. The summed E-state index contributed by atoms with van der Waals surface area (Å²) in [5.41, 5.74) is 0. The molecule has 1 aliphatic rings. The van der Waals surface area contributed by atoms with Gasteiger partial charge in [0, 0.05) is 25.7 Å². The van der Waals surface area contributed by atoms with Crippen LogP contribution >= 0.6 is 0 Å². The maximum Gasteiger partial charge on any atom is 0.0667 e. The maximum atomic E-state index is 9.79. The summed E-state index contributed by atoms with van der Waals surface area (Å²) in [6, 6.07) is 0.547.